The van der Waals surface area contributed by atoms with E-state index in [-0.39, 0.29) is 5.78 Å². The zero-order valence-electron chi connectivity index (χ0n) is 12.2. The number of aromatic nitrogens is 2. The van der Waals surface area contributed by atoms with Crippen molar-refractivity contribution >= 4 is 5.78 Å². The van der Waals surface area contributed by atoms with Gasteiger partial charge in [0.15, 0.2) is 5.78 Å². The van der Waals surface area contributed by atoms with Gasteiger partial charge in [0.05, 0.1) is 19.2 Å². The third-order valence-electron chi connectivity index (χ3n) is 3.44. The number of carbonyl (C=O) groups excluding carboxylic acids is 1. The van der Waals surface area contributed by atoms with Gasteiger partial charge in [0, 0.05) is 17.8 Å². The van der Waals surface area contributed by atoms with Crippen LogP contribution in [0.25, 0.3) is 0 Å². The Morgan fingerprint density at radius 3 is 2.90 bits per heavy atom. The molecular weight excluding hydrogens is 252 g/mol. The Labute approximate surface area is 119 Å². The summed E-state index contributed by atoms with van der Waals surface area (Å²) in [6.45, 7) is 4.23. The van der Waals surface area contributed by atoms with E-state index >= 15 is 0 Å². The normalized spacial score (nSPS) is 12.2. The molecule has 20 heavy (non-hydrogen) atoms. The monoisotopic (exact) mass is 272 g/mol. The van der Waals surface area contributed by atoms with Gasteiger partial charge in [-0.2, -0.15) is 5.10 Å². The highest BCUT2D eigenvalue weighted by Crippen LogP contribution is 2.15. The fourth-order valence-electron chi connectivity index (χ4n) is 1.97. The van der Waals surface area contributed by atoms with Gasteiger partial charge in [0.2, 0.25) is 0 Å². The lowest BCUT2D eigenvalue weighted by atomic mass is 10.1. The van der Waals surface area contributed by atoms with Gasteiger partial charge in [-0.1, -0.05) is 19.1 Å². The molecule has 1 unspecified atom stereocenters. The van der Waals surface area contributed by atoms with Crippen LogP contribution in [-0.2, 0) is 6.42 Å². The maximum absolute atomic E-state index is 12.2. The Morgan fingerprint density at radius 1 is 1.40 bits per heavy atom. The van der Waals surface area contributed by atoms with Crippen molar-refractivity contribution in [2.24, 2.45) is 0 Å². The summed E-state index contributed by atoms with van der Waals surface area (Å²) in [4.78, 5) is 12.2. The van der Waals surface area contributed by atoms with Crippen LogP contribution in [0.4, 0.5) is 0 Å². The second-order valence-corrected chi connectivity index (χ2v) is 4.88. The number of rotatable bonds is 6. The molecule has 4 nitrogen and oxygen atoms in total. The first-order chi connectivity index (χ1) is 9.63. The first-order valence-electron chi connectivity index (χ1n) is 6.85. The van der Waals surface area contributed by atoms with Crippen molar-refractivity contribution in [3.8, 4) is 5.75 Å². The molecule has 0 radical (unpaired) electrons. The van der Waals surface area contributed by atoms with Gasteiger partial charge in [0.25, 0.3) is 0 Å². The molecule has 0 N–H and O–H groups in total. The number of carbonyl (C=O) groups is 1. The molecule has 0 bridgehead atoms. The number of benzene rings is 1. The van der Waals surface area contributed by atoms with Crippen LogP contribution in [0.2, 0.25) is 0 Å². The van der Waals surface area contributed by atoms with Gasteiger partial charge < -0.3 is 4.74 Å². The summed E-state index contributed by atoms with van der Waals surface area (Å²) >= 11 is 0. The molecule has 1 heterocycles. The number of ketones is 1. The van der Waals surface area contributed by atoms with E-state index in [0.29, 0.717) is 23.8 Å². The van der Waals surface area contributed by atoms with Crippen LogP contribution in [-0.4, -0.2) is 22.7 Å². The van der Waals surface area contributed by atoms with E-state index in [1.54, 1.807) is 19.2 Å². The van der Waals surface area contributed by atoms with Crippen LogP contribution in [0.3, 0.4) is 0 Å². The molecule has 1 aromatic carbocycles. The Balaban J connectivity index is 2.09. The predicted octanol–water partition coefficient (Wildman–Crippen LogP) is 3.29. The van der Waals surface area contributed by atoms with Gasteiger partial charge in [-0.3, -0.25) is 9.48 Å². The zero-order valence-corrected chi connectivity index (χ0v) is 12.2. The van der Waals surface area contributed by atoms with Gasteiger partial charge in [-0.05, 0) is 31.5 Å². The minimum absolute atomic E-state index is 0.0540. The molecule has 0 spiro atoms. The molecule has 0 fully saturated rings. The average molecular weight is 272 g/mol. The molecule has 0 amide bonds. The molecule has 0 aliphatic carbocycles. The van der Waals surface area contributed by atoms with Crippen molar-refractivity contribution < 1.29 is 9.53 Å². The fourth-order valence-corrected chi connectivity index (χ4v) is 1.97. The van der Waals surface area contributed by atoms with Crippen LogP contribution >= 0.6 is 0 Å². The predicted molar refractivity (Wildman–Crippen MR) is 78.3 cm³/mol. The van der Waals surface area contributed by atoms with E-state index in [2.05, 4.69) is 18.9 Å². The maximum Gasteiger partial charge on any atom is 0.169 e. The van der Waals surface area contributed by atoms with Crippen molar-refractivity contribution in [2.45, 2.75) is 32.7 Å². The van der Waals surface area contributed by atoms with Crippen LogP contribution in [0.5, 0.6) is 5.75 Å². The number of ether oxygens (including phenoxy) is 1. The molecule has 0 aliphatic heterocycles. The third kappa shape index (κ3) is 3.26. The quantitative estimate of drug-likeness (QED) is 0.758. The summed E-state index contributed by atoms with van der Waals surface area (Å²) in [5.74, 6) is 0.749. The van der Waals surface area contributed by atoms with E-state index in [9.17, 15) is 4.79 Å². The molecule has 2 aromatic rings. The van der Waals surface area contributed by atoms with Gasteiger partial charge in [0.1, 0.15) is 5.75 Å². The second-order valence-electron chi connectivity index (χ2n) is 4.88. The van der Waals surface area contributed by atoms with Crippen molar-refractivity contribution in [3.05, 3.63) is 47.8 Å². The second kappa shape index (κ2) is 6.37. The fraction of sp³-hybridized carbons (Fsp3) is 0.375. The Bertz CT molecular complexity index is 590. The summed E-state index contributed by atoms with van der Waals surface area (Å²) in [7, 11) is 1.59. The first-order valence-corrected chi connectivity index (χ1v) is 6.85. The minimum atomic E-state index is 0.0540. The molecule has 0 aliphatic rings. The van der Waals surface area contributed by atoms with E-state index in [1.165, 1.54) is 0 Å². The van der Waals surface area contributed by atoms with Crippen molar-refractivity contribution in [2.75, 3.05) is 7.11 Å². The molecule has 4 heteroatoms. The highest BCUT2D eigenvalue weighted by molar-refractivity contribution is 5.97. The minimum Gasteiger partial charge on any atom is -0.497 e. The topological polar surface area (TPSA) is 44.1 Å². The number of hydrogen-bond donors (Lipinski definition) is 0. The summed E-state index contributed by atoms with van der Waals surface area (Å²) in [6.07, 6.45) is 3.27. The average Bonchev–Trinajstić information content (AvgIpc) is 2.95. The molecule has 0 saturated carbocycles. The lowest BCUT2D eigenvalue weighted by Crippen LogP contribution is -2.08. The molecule has 2 rings (SSSR count). The number of Topliss-reactive ketones (excluding diaryl/α,β-unsaturated/α-hetero) is 1. The van der Waals surface area contributed by atoms with Crippen molar-refractivity contribution in [1.29, 1.82) is 0 Å². The number of methoxy groups -OCH3 is 1. The third-order valence-corrected chi connectivity index (χ3v) is 3.44. The molecular formula is C16H20N2O2. The summed E-state index contributed by atoms with van der Waals surface area (Å²) < 4.78 is 7.04. The molecule has 1 aromatic heterocycles. The summed E-state index contributed by atoms with van der Waals surface area (Å²) in [6, 6.07) is 9.48. The number of hydrogen-bond acceptors (Lipinski definition) is 3. The standard InChI is InChI=1S/C16H20N2O2/c1-4-12(2)18-9-8-14(17-18)11-16(19)13-6-5-7-15(10-13)20-3/h5-10,12H,4,11H2,1-3H3. The Hall–Kier alpha value is -2.10. The van der Waals surface area contributed by atoms with E-state index in [1.807, 2.05) is 29.1 Å². The van der Waals surface area contributed by atoms with Gasteiger partial charge >= 0.3 is 0 Å². The van der Waals surface area contributed by atoms with E-state index in [0.717, 1.165) is 12.1 Å². The largest absolute Gasteiger partial charge is 0.497 e. The smallest absolute Gasteiger partial charge is 0.169 e. The molecule has 1 atom stereocenters. The van der Waals surface area contributed by atoms with E-state index < -0.39 is 0 Å². The molecule has 0 saturated heterocycles. The lowest BCUT2D eigenvalue weighted by molar-refractivity contribution is 0.0991. The highest BCUT2D eigenvalue weighted by Gasteiger charge is 2.11. The van der Waals surface area contributed by atoms with Crippen LogP contribution < -0.4 is 4.74 Å². The maximum atomic E-state index is 12.2. The zero-order chi connectivity index (χ0) is 14.5. The van der Waals surface area contributed by atoms with Crippen molar-refractivity contribution in [1.82, 2.24) is 9.78 Å². The first kappa shape index (κ1) is 14.3. The van der Waals surface area contributed by atoms with Crippen LogP contribution in [0, 0.1) is 0 Å². The van der Waals surface area contributed by atoms with E-state index in [4.69, 9.17) is 4.74 Å². The lowest BCUT2D eigenvalue weighted by Gasteiger charge is -2.08. The van der Waals surface area contributed by atoms with Crippen molar-refractivity contribution in [3.63, 3.8) is 0 Å². The van der Waals surface area contributed by atoms with Crippen LogP contribution in [0.15, 0.2) is 36.5 Å². The van der Waals surface area contributed by atoms with Crippen LogP contribution in [0.1, 0.15) is 42.4 Å². The van der Waals surface area contributed by atoms with Gasteiger partial charge in [-0.25, -0.2) is 0 Å². The highest BCUT2D eigenvalue weighted by atomic mass is 16.5. The van der Waals surface area contributed by atoms with Gasteiger partial charge in [-0.15, -0.1) is 0 Å². The summed E-state index contributed by atoms with van der Waals surface area (Å²) in [5, 5.41) is 4.45. The Kier molecular flexibility index (Phi) is 4.56. The summed E-state index contributed by atoms with van der Waals surface area (Å²) in [5.41, 5.74) is 1.46. The SMILES string of the molecule is CCC(C)n1ccc(CC(=O)c2cccc(OC)c2)n1. The molecule has 106 valence electrons. The Morgan fingerprint density at radius 2 is 2.20 bits per heavy atom. The number of nitrogens with zero attached hydrogens (tertiary/aromatic N) is 2.